The summed E-state index contributed by atoms with van der Waals surface area (Å²) in [6.07, 6.45) is 0.951. The molecule has 0 spiro atoms. The number of carbonyl (C=O) groups excluding carboxylic acids is 2. The van der Waals surface area contributed by atoms with Gasteiger partial charge in [0.15, 0.2) is 0 Å². The number of amides is 3. The van der Waals surface area contributed by atoms with Gasteiger partial charge in [-0.2, -0.15) is 0 Å². The molecular weight excluding hydrogens is 352 g/mol. The van der Waals surface area contributed by atoms with E-state index in [2.05, 4.69) is 22.9 Å². The molecule has 28 heavy (non-hydrogen) atoms. The maximum atomic E-state index is 12.6. The molecule has 0 radical (unpaired) electrons. The molecule has 0 unspecified atom stereocenters. The fourth-order valence-corrected chi connectivity index (χ4v) is 2.69. The van der Waals surface area contributed by atoms with E-state index in [4.69, 9.17) is 0 Å². The zero-order valence-corrected chi connectivity index (χ0v) is 17.3. The smallest absolute Gasteiger partial charge is 0.323 e. The van der Waals surface area contributed by atoms with Crippen LogP contribution in [0.1, 0.15) is 36.7 Å². The summed E-state index contributed by atoms with van der Waals surface area (Å²) in [6, 6.07) is 12.7. The highest BCUT2D eigenvalue weighted by Crippen LogP contribution is 2.23. The van der Waals surface area contributed by atoms with E-state index in [1.807, 2.05) is 63.2 Å². The third-order valence-electron chi connectivity index (χ3n) is 4.27. The van der Waals surface area contributed by atoms with Crippen molar-refractivity contribution in [3.8, 4) is 0 Å². The van der Waals surface area contributed by atoms with Crippen LogP contribution < -0.4 is 20.9 Å². The monoisotopic (exact) mass is 382 g/mol. The molecule has 0 aliphatic carbocycles. The summed E-state index contributed by atoms with van der Waals surface area (Å²) in [5, 5.41) is 8.53. The topological polar surface area (TPSA) is 73.5 Å². The number of rotatable bonds is 7. The van der Waals surface area contributed by atoms with Gasteiger partial charge in [0, 0.05) is 37.7 Å². The van der Waals surface area contributed by atoms with Gasteiger partial charge in [-0.25, -0.2) is 4.79 Å². The number of hydrogen-bond donors (Lipinski definition) is 3. The first-order valence-electron chi connectivity index (χ1n) is 9.56. The van der Waals surface area contributed by atoms with E-state index in [0.717, 1.165) is 17.8 Å². The van der Waals surface area contributed by atoms with Gasteiger partial charge in [-0.05, 0) is 48.2 Å². The maximum Gasteiger partial charge on any atom is 0.323 e. The quantitative estimate of drug-likeness (QED) is 0.667. The van der Waals surface area contributed by atoms with Crippen LogP contribution in [-0.2, 0) is 6.42 Å². The van der Waals surface area contributed by atoms with Gasteiger partial charge in [-0.3, -0.25) is 4.79 Å². The lowest BCUT2D eigenvalue weighted by atomic mass is 10.1. The Morgan fingerprint density at radius 3 is 2.14 bits per heavy atom. The van der Waals surface area contributed by atoms with E-state index in [1.54, 1.807) is 12.1 Å². The third kappa shape index (κ3) is 6.01. The summed E-state index contributed by atoms with van der Waals surface area (Å²) < 4.78 is 0. The number of hydrogen-bond acceptors (Lipinski definition) is 3. The van der Waals surface area contributed by atoms with Crippen molar-refractivity contribution in [3.63, 3.8) is 0 Å². The van der Waals surface area contributed by atoms with Crippen LogP contribution in [0.25, 0.3) is 0 Å². The molecule has 3 N–H and O–H groups in total. The molecule has 6 heteroatoms. The second-order valence-electron chi connectivity index (χ2n) is 7.36. The zero-order valence-electron chi connectivity index (χ0n) is 17.3. The third-order valence-corrected chi connectivity index (χ3v) is 4.27. The van der Waals surface area contributed by atoms with E-state index < -0.39 is 0 Å². The number of nitrogens with one attached hydrogen (secondary N) is 3. The van der Waals surface area contributed by atoms with Crippen molar-refractivity contribution in [2.24, 2.45) is 5.92 Å². The SMILES string of the molecule is CCc1ccc(NC(=O)Nc2ccc(N(C)C)c(C(=O)NCC(C)C)c2)cc1. The van der Waals surface area contributed by atoms with Crippen LogP contribution in [0.2, 0.25) is 0 Å². The molecule has 0 saturated heterocycles. The van der Waals surface area contributed by atoms with Crippen LogP contribution in [0, 0.1) is 5.92 Å². The van der Waals surface area contributed by atoms with Crippen molar-refractivity contribution in [2.45, 2.75) is 27.2 Å². The molecular formula is C22H30N4O2. The van der Waals surface area contributed by atoms with E-state index in [9.17, 15) is 9.59 Å². The first kappa shape index (κ1) is 21.3. The minimum absolute atomic E-state index is 0.156. The van der Waals surface area contributed by atoms with Gasteiger partial charge in [0.2, 0.25) is 0 Å². The van der Waals surface area contributed by atoms with Gasteiger partial charge >= 0.3 is 6.03 Å². The Balaban J connectivity index is 2.12. The molecule has 2 rings (SSSR count). The van der Waals surface area contributed by atoms with E-state index in [1.165, 1.54) is 5.56 Å². The Morgan fingerprint density at radius 1 is 0.964 bits per heavy atom. The maximum absolute atomic E-state index is 12.6. The standard InChI is InChI=1S/C22H30N4O2/c1-6-16-7-9-17(10-8-16)24-22(28)25-18-11-12-20(26(4)5)19(13-18)21(27)23-14-15(2)3/h7-13,15H,6,14H2,1-5H3,(H,23,27)(H2,24,25,28). The van der Waals surface area contributed by atoms with Crippen LogP contribution in [0.15, 0.2) is 42.5 Å². The van der Waals surface area contributed by atoms with Gasteiger partial charge in [0.25, 0.3) is 5.91 Å². The first-order chi connectivity index (χ1) is 13.3. The number of aryl methyl sites for hydroxylation is 1. The average molecular weight is 383 g/mol. The molecule has 0 aromatic heterocycles. The number of nitrogens with zero attached hydrogens (tertiary/aromatic N) is 1. The van der Waals surface area contributed by atoms with Crippen LogP contribution >= 0.6 is 0 Å². The van der Waals surface area contributed by atoms with Gasteiger partial charge < -0.3 is 20.9 Å². The summed E-state index contributed by atoms with van der Waals surface area (Å²) in [7, 11) is 3.77. The Morgan fingerprint density at radius 2 is 1.57 bits per heavy atom. The predicted molar refractivity (Wildman–Crippen MR) is 116 cm³/mol. The van der Waals surface area contributed by atoms with Crippen LogP contribution in [-0.4, -0.2) is 32.6 Å². The summed E-state index contributed by atoms with van der Waals surface area (Å²) in [5.41, 5.74) is 3.80. The van der Waals surface area contributed by atoms with Crippen LogP contribution in [0.3, 0.4) is 0 Å². The van der Waals surface area contributed by atoms with E-state index >= 15 is 0 Å². The fourth-order valence-electron chi connectivity index (χ4n) is 2.69. The molecule has 0 aliphatic rings. The summed E-state index contributed by atoms with van der Waals surface area (Å²) in [4.78, 5) is 26.8. The molecule has 0 heterocycles. The second kappa shape index (κ2) is 9.78. The predicted octanol–water partition coefficient (Wildman–Crippen LogP) is 4.34. The molecule has 3 amide bonds. The molecule has 0 atom stereocenters. The Labute approximate surface area is 167 Å². The van der Waals surface area contributed by atoms with E-state index in [-0.39, 0.29) is 11.9 Å². The molecule has 150 valence electrons. The molecule has 0 fully saturated rings. The van der Waals surface area contributed by atoms with Crippen molar-refractivity contribution in [1.29, 1.82) is 0 Å². The summed E-state index contributed by atoms with van der Waals surface area (Å²) in [6.45, 7) is 6.77. The van der Waals surface area contributed by atoms with Crippen molar-refractivity contribution in [1.82, 2.24) is 5.32 Å². The molecule has 0 bridgehead atoms. The van der Waals surface area contributed by atoms with Crippen molar-refractivity contribution >= 4 is 29.0 Å². The second-order valence-corrected chi connectivity index (χ2v) is 7.36. The Hall–Kier alpha value is -3.02. The lowest BCUT2D eigenvalue weighted by Gasteiger charge is -2.19. The lowest BCUT2D eigenvalue weighted by Crippen LogP contribution is -2.29. The highest BCUT2D eigenvalue weighted by Gasteiger charge is 2.15. The van der Waals surface area contributed by atoms with Crippen molar-refractivity contribution in [2.75, 3.05) is 36.2 Å². The largest absolute Gasteiger partial charge is 0.377 e. The first-order valence-corrected chi connectivity index (χ1v) is 9.56. The van der Waals surface area contributed by atoms with Crippen LogP contribution in [0.4, 0.5) is 21.9 Å². The van der Waals surface area contributed by atoms with Gasteiger partial charge in [0.1, 0.15) is 0 Å². The molecule has 2 aromatic carbocycles. The van der Waals surface area contributed by atoms with Crippen molar-refractivity contribution < 1.29 is 9.59 Å². The summed E-state index contributed by atoms with van der Waals surface area (Å²) in [5.74, 6) is 0.203. The number of anilines is 3. The number of urea groups is 1. The molecule has 6 nitrogen and oxygen atoms in total. The lowest BCUT2D eigenvalue weighted by molar-refractivity contribution is 0.0949. The molecule has 2 aromatic rings. The zero-order chi connectivity index (χ0) is 20.7. The van der Waals surface area contributed by atoms with E-state index in [0.29, 0.717) is 23.7 Å². The van der Waals surface area contributed by atoms with Gasteiger partial charge in [-0.1, -0.05) is 32.9 Å². The van der Waals surface area contributed by atoms with Crippen molar-refractivity contribution in [3.05, 3.63) is 53.6 Å². The summed E-state index contributed by atoms with van der Waals surface area (Å²) >= 11 is 0. The number of carbonyl (C=O) groups is 2. The highest BCUT2D eigenvalue weighted by molar-refractivity contribution is 6.03. The van der Waals surface area contributed by atoms with Crippen LogP contribution in [0.5, 0.6) is 0 Å². The Bertz CT molecular complexity index is 814. The average Bonchev–Trinajstić information content (AvgIpc) is 2.66. The molecule has 0 saturated carbocycles. The molecule has 0 aliphatic heterocycles. The normalized spacial score (nSPS) is 10.5. The van der Waals surface area contributed by atoms with Gasteiger partial charge in [0.05, 0.1) is 5.56 Å². The number of benzene rings is 2. The minimum Gasteiger partial charge on any atom is -0.377 e. The van der Waals surface area contributed by atoms with Gasteiger partial charge in [-0.15, -0.1) is 0 Å². The highest BCUT2D eigenvalue weighted by atomic mass is 16.2. The fraction of sp³-hybridized carbons (Fsp3) is 0.364. The Kier molecular flexibility index (Phi) is 7.44. The minimum atomic E-state index is -0.351.